The number of methoxy groups -OCH3 is 1. The summed E-state index contributed by atoms with van der Waals surface area (Å²) in [5.41, 5.74) is 5.53. The lowest BCUT2D eigenvalue weighted by molar-refractivity contribution is 0.172. The van der Waals surface area contributed by atoms with E-state index in [0.717, 1.165) is 26.0 Å². The van der Waals surface area contributed by atoms with Crippen molar-refractivity contribution >= 4 is 0 Å². The van der Waals surface area contributed by atoms with E-state index in [4.69, 9.17) is 10.5 Å². The quantitative estimate of drug-likeness (QED) is 0.639. The Morgan fingerprint density at radius 2 is 1.59 bits per heavy atom. The Balaban J connectivity index is 2.11. The second-order valence-electron chi connectivity index (χ2n) is 4.88. The van der Waals surface area contributed by atoms with Crippen LogP contribution < -0.4 is 5.73 Å². The second-order valence-corrected chi connectivity index (χ2v) is 4.88. The van der Waals surface area contributed by atoms with Crippen LogP contribution in [0.15, 0.2) is 0 Å². The van der Waals surface area contributed by atoms with Gasteiger partial charge in [-0.2, -0.15) is 0 Å². The summed E-state index contributed by atoms with van der Waals surface area (Å²) in [5, 5.41) is 0. The van der Waals surface area contributed by atoms with E-state index < -0.39 is 0 Å². The maximum atomic E-state index is 5.53. The van der Waals surface area contributed by atoms with E-state index in [1.54, 1.807) is 7.11 Å². The van der Waals surface area contributed by atoms with Crippen LogP contribution in [0, 0.1) is 0 Å². The number of unbranched alkanes of at least 4 members (excludes halogenated alkanes) is 1. The van der Waals surface area contributed by atoms with Crippen LogP contribution >= 0.6 is 0 Å². The van der Waals surface area contributed by atoms with Gasteiger partial charge in [0.2, 0.25) is 0 Å². The molecule has 2 N–H and O–H groups in total. The summed E-state index contributed by atoms with van der Waals surface area (Å²) in [7, 11) is 1.78. The fraction of sp³-hybridized carbons (Fsp3) is 1.00. The van der Waals surface area contributed by atoms with E-state index in [-0.39, 0.29) is 0 Å². The van der Waals surface area contributed by atoms with Gasteiger partial charge in [0.05, 0.1) is 0 Å². The molecule has 17 heavy (non-hydrogen) atoms. The molecule has 1 saturated heterocycles. The normalized spacial score (nSPS) is 19.4. The fourth-order valence-electron chi connectivity index (χ4n) is 2.38. The third-order valence-electron chi connectivity index (χ3n) is 3.43. The molecule has 1 aliphatic heterocycles. The Bertz CT molecular complexity index is 160. The highest BCUT2D eigenvalue weighted by Gasteiger charge is 2.13. The molecule has 0 aliphatic carbocycles. The molecular weight excluding hydrogens is 214 g/mol. The first-order chi connectivity index (χ1) is 8.36. The van der Waals surface area contributed by atoms with Crippen LogP contribution in [0.3, 0.4) is 0 Å². The third kappa shape index (κ3) is 6.99. The van der Waals surface area contributed by atoms with Gasteiger partial charge in [0.15, 0.2) is 0 Å². The number of hydrogen-bond acceptors (Lipinski definition) is 4. The third-order valence-corrected chi connectivity index (χ3v) is 3.43. The average molecular weight is 243 g/mol. The van der Waals surface area contributed by atoms with Gasteiger partial charge in [-0.3, -0.25) is 0 Å². The minimum absolute atomic E-state index is 0.830. The number of ether oxygens (including phenoxy) is 1. The molecule has 4 nitrogen and oxygen atoms in total. The zero-order valence-corrected chi connectivity index (χ0v) is 11.4. The van der Waals surface area contributed by atoms with E-state index in [9.17, 15) is 0 Å². The summed E-state index contributed by atoms with van der Waals surface area (Å²) in [6.45, 7) is 9.06. The summed E-state index contributed by atoms with van der Waals surface area (Å²) in [6, 6.07) is 0. The zero-order chi connectivity index (χ0) is 12.3. The van der Waals surface area contributed by atoms with Crippen molar-refractivity contribution in [2.45, 2.75) is 25.7 Å². The van der Waals surface area contributed by atoms with Crippen molar-refractivity contribution in [3.8, 4) is 0 Å². The minimum Gasteiger partial charge on any atom is -0.385 e. The van der Waals surface area contributed by atoms with Crippen LogP contribution in [0.2, 0.25) is 0 Å². The Morgan fingerprint density at radius 1 is 0.941 bits per heavy atom. The Kier molecular flexibility index (Phi) is 8.61. The highest BCUT2D eigenvalue weighted by atomic mass is 16.5. The van der Waals surface area contributed by atoms with Gasteiger partial charge in [0.25, 0.3) is 0 Å². The summed E-state index contributed by atoms with van der Waals surface area (Å²) in [5.74, 6) is 0. The summed E-state index contributed by atoms with van der Waals surface area (Å²) < 4.78 is 5.10. The maximum absolute atomic E-state index is 5.53. The first-order valence-electron chi connectivity index (χ1n) is 7.00. The average Bonchev–Trinajstić information content (AvgIpc) is 2.56. The van der Waals surface area contributed by atoms with Gasteiger partial charge in [-0.1, -0.05) is 0 Å². The molecule has 0 amide bonds. The fourth-order valence-corrected chi connectivity index (χ4v) is 2.38. The second kappa shape index (κ2) is 9.83. The molecule has 0 spiro atoms. The highest BCUT2D eigenvalue weighted by molar-refractivity contribution is 4.69. The van der Waals surface area contributed by atoms with Crippen molar-refractivity contribution in [2.24, 2.45) is 5.73 Å². The van der Waals surface area contributed by atoms with Gasteiger partial charge in [0.1, 0.15) is 0 Å². The van der Waals surface area contributed by atoms with Crippen LogP contribution in [0.25, 0.3) is 0 Å². The Morgan fingerprint density at radius 3 is 2.18 bits per heavy atom. The van der Waals surface area contributed by atoms with Crippen LogP contribution in [-0.4, -0.2) is 69.3 Å². The van der Waals surface area contributed by atoms with Crippen molar-refractivity contribution in [1.29, 1.82) is 0 Å². The van der Waals surface area contributed by atoms with Gasteiger partial charge in [-0.25, -0.2) is 0 Å². The van der Waals surface area contributed by atoms with Crippen molar-refractivity contribution in [3.05, 3.63) is 0 Å². The smallest absolute Gasteiger partial charge is 0.0474 e. The predicted molar refractivity (Wildman–Crippen MR) is 72.3 cm³/mol. The van der Waals surface area contributed by atoms with Crippen molar-refractivity contribution in [3.63, 3.8) is 0 Å². The lowest BCUT2D eigenvalue weighted by Crippen LogP contribution is -2.32. The van der Waals surface area contributed by atoms with Crippen LogP contribution in [0.4, 0.5) is 0 Å². The van der Waals surface area contributed by atoms with E-state index in [0.29, 0.717) is 0 Å². The first kappa shape index (κ1) is 14.9. The molecule has 0 unspecified atom stereocenters. The van der Waals surface area contributed by atoms with Gasteiger partial charge >= 0.3 is 0 Å². The molecule has 1 heterocycles. The monoisotopic (exact) mass is 243 g/mol. The van der Waals surface area contributed by atoms with E-state index >= 15 is 0 Å². The molecule has 0 aromatic heterocycles. The number of nitrogens with zero attached hydrogens (tertiary/aromatic N) is 2. The molecule has 0 radical (unpaired) electrons. The van der Waals surface area contributed by atoms with Crippen LogP contribution in [0.1, 0.15) is 25.7 Å². The highest BCUT2D eigenvalue weighted by Crippen LogP contribution is 2.05. The standard InChI is InChI=1S/C13H29N3O/c1-17-13-5-10-16-9-4-8-15(11-12-16)7-3-2-6-14/h2-14H2,1H3. The molecule has 0 aromatic rings. The Hall–Kier alpha value is -0.160. The molecule has 0 saturated carbocycles. The van der Waals surface area contributed by atoms with Crippen LogP contribution in [-0.2, 0) is 4.74 Å². The SMILES string of the molecule is COCCCN1CCCN(CCCCN)CC1. The molecule has 102 valence electrons. The lowest BCUT2D eigenvalue weighted by atomic mass is 10.3. The van der Waals surface area contributed by atoms with Crippen molar-refractivity contribution < 1.29 is 4.74 Å². The van der Waals surface area contributed by atoms with Gasteiger partial charge in [-0.15, -0.1) is 0 Å². The van der Waals surface area contributed by atoms with Crippen molar-refractivity contribution in [2.75, 3.05) is 59.5 Å². The predicted octanol–water partition coefficient (Wildman–Crippen LogP) is 0.770. The molecular formula is C13H29N3O. The first-order valence-corrected chi connectivity index (χ1v) is 7.00. The molecule has 0 atom stereocenters. The largest absolute Gasteiger partial charge is 0.385 e. The van der Waals surface area contributed by atoms with Crippen molar-refractivity contribution in [1.82, 2.24) is 9.80 Å². The molecule has 4 heteroatoms. The van der Waals surface area contributed by atoms with Crippen LogP contribution in [0.5, 0.6) is 0 Å². The topological polar surface area (TPSA) is 41.7 Å². The van der Waals surface area contributed by atoms with Gasteiger partial charge in [-0.05, 0) is 51.9 Å². The maximum Gasteiger partial charge on any atom is 0.0474 e. The Labute approximate surface area is 106 Å². The minimum atomic E-state index is 0.830. The number of nitrogens with two attached hydrogens (primary N) is 1. The molecule has 0 bridgehead atoms. The summed E-state index contributed by atoms with van der Waals surface area (Å²) >= 11 is 0. The van der Waals surface area contributed by atoms with E-state index in [1.807, 2.05) is 0 Å². The van der Waals surface area contributed by atoms with Gasteiger partial charge in [0, 0.05) is 33.4 Å². The number of rotatable bonds is 8. The number of hydrogen-bond donors (Lipinski definition) is 1. The summed E-state index contributed by atoms with van der Waals surface area (Å²) in [6.07, 6.45) is 4.87. The van der Waals surface area contributed by atoms with E-state index in [2.05, 4.69) is 9.80 Å². The van der Waals surface area contributed by atoms with E-state index in [1.165, 1.54) is 52.1 Å². The molecule has 1 fully saturated rings. The van der Waals surface area contributed by atoms with Gasteiger partial charge < -0.3 is 20.3 Å². The molecule has 1 rings (SSSR count). The molecule has 0 aromatic carbocycles. The summed E-state index contributed by atoms with van der Waals surface area (Å²) in [4.78, 5) is 5.16. The molecule has 1 aliphatic rings. The lowest BCUT2D eigenvalue weighted by Gasteiger charge is -2.21. The zero-order valence-electron chi connectivity index (χ0n) is 11.4.